The predicted octanol–water partition coefficient (Wildman–Crippen LogP) is 4.47. The van der Waals surface area contributed by atoms with Crippen LogP contribution in [0.5, 0.6) is 0 Å². The molecule has 1 fully saturated rings. The number of aliphatic hydroxyl groups is 1. The van der Waals surface area contributed by atoms with Crippen molar-refractivity contribution >= 4 is 0 Å². The third kappa shape index (κ3) is 2.95. The van der Waals surface area contributed by atoms with E-state index in [1.165, 1.54) is 36.8 Å². The maximum absolute atomic E-state index is 9.41. The highest BCUT2D eigenvalue weighted by Crippen LogP contribution is 2.44. The lowest BCUT2D eigenvalue weighted by Crippen LogP contribution is -2.22. The zero-order valence-electron chi connectivity index (χ0n) is 11.9. The van der Waals surface area contributed by atoms with Crippen LogP contribution in [0.25, 0.3) is 0 Å². The smallest absolute Gasteiger partial charge is 0.0497 e. The molecule has 1 aliphatic carbocycles. The van der Waals surface area contributed by atoms with Crippen LogP contribution < -0.4 is 0 Å². The molecule has 1 N–H and O–H groups in total. The summed E-state index contributed by atoms with van der Waals surface area (Å²) < 4.78 is 0. The van der Waals surface area contributed by atoms with Gasteiger partial charge in [0.05, 0.1) is 0 Å². The van der Waals surface area contributed by atoms with Crippen LogP contribution in [0.2, 0.25) is 0 Å². The minimum absolute atomic E-state index is 0.243. The molecule has 2 atom stereocenters. The van der Waals surface area contributed by atoms with Crippen LogP contribution >= 0.6 is 0 Å². The molecule has 2 unspecified atom stereocenters. The Morgan fingerprint density at radius 2 is 2.06 bits per heavy atom. The van der Waals surface area contributed by atoms with E-state index in [-0.39, 0.29) is 12.5 Å². The van der Waals surface area contributed by atoms with Gasteiger partial charge in [-0.15, -0.1) is 0 Å². The molecule has 1 aromatic carbocycles. The lowest BCUT2D eigenvalue weighted by atomic mass is 9.69. The Bertz CT molecular complexity index is 394. The first kappa shape index (κ1) is 13.6. The van der Waals surface area contributed by atoms with Crippen molar-refractivity contribution in [1.82, 2.24) is 0 Å². The number of aliphatic hydroxyl groups excluding tert-OH is 1. The Kier molecular flexibility index (Phi) is 4.11. The van der Waals surface area contributed by atoms with Crippen LogP contribution in [-0.4, -0.2) is 11.7 Å². The van der Waals surface area contributed by atoms with E-state index in [0.717, 1.165) is 0 Å². The SMILES string of the molecule is CC(CO)c1ccccc1C1CCCC(C)(C)C1. The standard InChI is InChI=1S/C17H26O/c1-13(12-18)15-8-4-5-9-16(15)14-7-6-10-17(2,3)11-14/h4-5,8-9,13-14,18H,6-7,10-12H2,1-3H3. The van der Waals surface area contributed by atoms with Crippen molar-refractivity contribution in [3.63, 3.8) is 0 Å². The molecular weight excluding hydrogens is 220 g/mol. The zero-order chi connectivity index (χ0) is 13.2. The van der Waals surface area contributed by atoms with Crippen molar-refractivity contribution in [2.75, 3.05) is 6.61 Å². The first-order valence-corrected chi connectivity index (χ1v) is 7.23. The molecule has 1 nitrogen and oxygen atoms in total. The molecule has 1 heteroatoms. The number of hydrogen-bond donors (Lipinski definition) is 1. The Labute approximate surface area is 111 Å². The van der Waals surface area contributed by atoms with Crippen molar-refractivity contribution in [2.24, 2.45) is 5.41 Å². The third-order valence-corrected chi connectivity index (χ3v) is 4.45. The summed E-state index contributed by atoms with van der Waals surface area (Å²) in [7, 11) is 0. The predicted molar refractivity (Wildman–Crippen MR) is 76.9 cm³/mol. The molecule has 0 aliphatic heterocycles. The van der Waals surface area contributed by atoms with Crippen LogP contribution in [0.1, 0.15) is 69.4 Å². The summed E-state index contributed by atoms with van der Waals surface area (Å²) in [4.78, 5) is 0. The molecular formula is C17H26O. The fourth-order valence-electron chi connectivity index (χ4n) is 3.39. The van der Waals surface area contributed by atoms with E-state index in [1.54, 1.807) is 0 Å². The number of rotatable bonds is 3. The second kappa shape index (κ2) is 5.44. The quantitative estimate of drug-likeness (QED) is 0.834. The number of benzene rings is 1. The fourth-order valence-corrected chi connectivity index (χ4v) is 3.39. The van der Waals surface area contributed by atoms with Gasteiger partial charge in [-0.25, -0.2) is 0 Å². The van der Waals surface area contributed by atoms with Crippen molar-refractivity contribution in [2.45, 2.75) is 58.3 Å². The summed E-state index contributed by atoms with van der Waals surface area (Å²) in [6, 6.07) is 8.70. The monoisotopic (exact) mass is 246 g/mol. The van der Waals surface area contributed by atoms with E-state index in [1.807, 2.05) is 0 Å². The van der Waals surface area contributed by atoms with Crippen molar-refractivity contribution < 1.29 is 5.11 Å². The zero-order valence-corrected chi connectivity index (χ0v) is 11.9. The summed E-state index contributed by atoms with van der Waals surface area (Å²) in [6.45, 7) is 7.13. The summed E-state index contributed by atoms with van der Waals surface area (Å²) in [5, 5.41) is 9.41. The Balaban J connectivity index is 2.27. The Morgan fingerprint density at radius 3 is 2.72 bits per heavy atom. The highest BCUT2D eigenvalue weighted by molar-refractivity contribution is 5.33. The van der Waals surface area contributed by atoms with E-state index in [4.69, 9.17) is 0 Å². The molecule has 1 saturated carbocycles. The minimum Gasteiger partial charge on any atom is -0.396 e. The molecule has 0 amide bonds. The Hall–Kier alpha value is -0.820. The highest BCUT2D eigenvalue weighted by Gasteiger charge is 2.30. The molecule has 0 aromatic heterocycles. The van der Waals surface area contributed by atoms with E-state index in [9.17, 15) is 5.11 Å². The molecule has 0 heterocycles. The van der Waals surface area contributed by atoms with Crippen LogP contribution in [0, 0.1) is 5.41 Å². The largest absolute Gasteiger partial charge is 0.396 e. The van der Waals surface area contributed by atoms with Crippen molar-refractivity contribution in [3.05, 3.63) is 35.4 Å². The average Bonchev–Trinajstić information content (AvgIpc) is 2.36. The maximum atomic E-state index is 9.41. The van der Waals surface area contributed by atoms with Gasteiger partial charge in [-0.1, -0.05) is 51.5 Å². The van der Waals surface area contributed by atoms with Gasteiger partial charge in [0.2, 0.25) is 0 Å². The summed E-state index contributed by atoms with van der Waals surface area (Å²) in [6.07, 6.45) is 5.27. The van der Waals surface area contributed by atoms with Crippen molar-refractivity contribution in [3.8, 4) is 0 Å². The molecule has 0 bridgehead atoms. The molecule has 2 rings (SSSR count). The molecule has 1 aliphatic rings. The van der Waals surface area contributed by atoms with Gasteiger partial charge in [0.1, 0.15) is 0 Å². The van der Waals surface area contributed by atoms with Gasteiger partial charge in [-0.2, -0.15) is 0 Å². The van der Waals surface area contributed by atoms with E-state index in [2.05, 4.69) is 45.0 Å². The van der Waals surface area contributed by atoms with Crippen LogP contribution in [0.3, 0.4) is 0 Å². The second-order valence-corrected chi connectivity index (χ2v) is 6.67. The molecule has 0 saturated heterocycles. The van der Waals surface area contributed by atoms with Gasteiger partial charge in [0.15, 0.2) is 0 Å². The van der Waals surface area contributed by atoms with Crippen molar-refractivity contribution in [1.29, 1.82) is 0 Å². The van der Waals surface area contributed by atoms with E-state index < -0.39 is 0 Å². The normalized spacial score (nSPS) is 24.8. The van der Waals surface area contributed by atoms with Crippen LogP contribution in [0.15, 0.2) is 24.3 Å². The molecule has 0 spiro atoms. The van der Waals surface area contributed by atoms with Gasteiger partial charge < -0.3 is 5.11 Å². The molecule has 1 aromatic rings. The number of hydrogen-bond acceptors (Lipinski definition) is 1. The lowest BCUT2D eigenvalue weighted by Gasteiger charge is -2.36. The summed E-state index contributed by atoms with van der Waals surface area (Å²) in [5.74, 6) is 0.935. The van der Waals surface area contributed by atoms with Crippen LogP contribution in [0.4, 0.5) is 0 Å². The van der Waals surface area contributed by atoms with E-state index >= 15 is 0 Å². The van der Waals surface area contributed by atoms with Gasteiger partial charge in [-0.05, 0) is 41.7 Å². The Morgan fingerprint density at radius 1 is 1.33 bits per heavy atom. The maximum Gasteiger partial charge on any atom is 0.0497 e. The average molecular weight is 246 g/mol. The van der Waals surface area contributed by atoms with Gasteiger partial charge in [0.25, 0.3) is 0 Å². The first-order chi connectivity index (χ1) is 8.53. The molecule has 100 valence electrons. The lowest BCUT2D eigenvalue weighted by molar-refractivity contribution is 0.217. The topological polar surface area (TPSA) is 20.2 Å². The third-order valence-electron chi connectivity index (χ3n) is 4.45. The summed E-state index contributed by atoms with van der Waals surface area (Å²) in [5.41, 5.74) is 3.30. The molecule has 0 radical (unpaired) electrons. The van der Waals surface area contributed by atoms with E-state index in [0.29, 0.717) is 11.3 Å². The highest BCUT2D eigenvalue weighted by atomic mass is 16.3. The van der Waals surface area contributed by atoms with Gasteiger partial charge in [0, 0.05) is 12.5 Å². The second-order valence-electron chi connectivity index (χ2n) is 6.67. The van der Waals surface area contributed by atoms with Gasteiger partial charge >= 0.3 is 0 Å². The first-order valence-electron chi connectivity index (χ1n) is 7.23. The van der Waals surface area contributed by atoms with Crippen LogP contribution in [-0.2, 0) is 0 Å². The molecule has 18 heavy (non-hydrogen) atoms. The minimum atomic E-state index is 0.243. The summed E-state index contributed by atoms with van der Waals surface area (Å²) >= 11 is 0. The fraction of sp³-hybridized carbons (Fsp3) is 0.647. The van der Waals surface area contributed by atoms with Gasteiger partial charge in [-0.3, -0.25) is 0 Å².